The number of hydrogen-bond acceptors (Lipinski definition) is 5. The van der Waals surface area contributed by atoms with Gasteiger partial charge in [0, 0.05) is 6.54 Å². The summed E-state index contributed by atoms with van der Waals surface area (Å²) in [5.41, 5.74) is -0.351. The molecule has 0 bridgehead atoms. The van der Waals surface area contributed by atoms with Crippen LogP contribution < -0.4 is 5.32 Å². The van der Waals surface area contributed by atoms with Crippen LogP contribution in [-0.2, 0) is 10.1 Å². The van der Waals surface area contributed by atoms with Gasteiger partial charge < -0.3 is 15.5 Å². The second-order valence-corrected chi connectivity index (χ2v) is 4.45. The Morgan fingerprint density at radius 1 is 1.47 bits per heavy atom. The van der Waals surface area contributed by atoms with E-state index in [1.54, 1.807) is 0 Å². The summed E-state index contributed by atoms with van der Waals surface area (Å²) in [4.78, 5) is 10.2. The molecule has 0 aliphatic carbocycles. The Bertz CT molecular complexity index is 524. The van der Waals surface area contributed by atoms with Gasteiger partial charge in [-0.2, -0.15) is 8.42 Å². The van der Waals surface area contributed by atoms with E-state index in [1.807, 2.05) is 0 Å². The van der Waals surface area contributed by atoms with Crippen molar-refractivity contribution in [2.24, 2.45) is 0 Å². The summed E-state index contributed by atoms with van der Waals surface area (Å²) in [6.07, 6.45) is 0. The zero-order valence-electron chi connectivity index (χ0n) is 8.54. The summed E-state index contributed by atoms with van der Waals surface area (Å²) in [7, 11) is -4.47. The summed E-state index contributed by atoms with van der Waals surface area (Å²) in [5.74, 6) is -1.28. The van der Waals surface area contributed by atoms with Crippen molar-refractivity contribution < 1.29 is 28.0 Å². The third-order valence-corrected chi connectivity index (χ3v) is 2.74. The van der Waals surface area contributed by atoms with Crippen LogP contribution in [0.4, 0.5) is 5.69 Å². The minimum atomic E-state index is -4.47. The quantitative estimate of drug-likeness (QED) is 0.542. The van der Waals surface area contributed by atoms with E-state index in [-0.39, 0.29) is 24.4 Å². The topological polar surface area (TPSA) is 124 Å². The van der Waals surface area contributed by atoms with Gasteiger partial charge in [0.05, 0.1) is 17.9 Å². The van der Waals surface area contributed by atoms with Crippen LogP contribution >= 0.6 is 0 Å². The van der Waals surface area contributed by atoms with Crippen molar-refractivity contribution in [1.82, 2.24) is 0 Å². The summed E-state index contributed by atoms with van der Waals surface area (Å²) in [6.45, 7) is -0.252. The van der Waals surface area contributed by atoms with Gasteiger partial charge in [-0.15, -0.1) is 0 Å². The van der Waals surface area contributed by atoms with Gasteiger partial charge in [-0.05, 0) is 18.2 Å². The largest absolute Gasteiger partial charge is 0.478 e. The van der Waals surface area contributed by atoms with Crippen LogP contribution in [0.1, 0.15) is 10.4 Å². The number of hydrogen-bond donors (Lipinski definition) is 4. The second-order valence-electron chi connectivity index (χ2n) is 3.06. The van der Waals surface area contributed by atoms with Gasteiger partial charge in [0.1, 0.15) is 4.90 Å². The number of carboxylic acids is 1. The lowest BCUT2D eigenvalue weighted by atomic mass is 10.2. The molecular formula is C9H10NO6S. The molecule has 17 heavy (non-hydrogen) atoms. The standard InChI is InChI=1S/C9H10NO6S/c11-4-3-10-7-5-6(9(12)13)1-2-8(7)17(14,15)16/h2,5,10-11H,3-4H2,(H,12,13)(H,14,15,16). The molecule has 8 heteroatoms. The van der Waals surface area contributed by atoms with Crippen molar-refractivity contribution >= 4 is 21.8 Å². The number of carboxylic acid groups (broad SMARTS) is 1. The molecule has 0 aromatic heterocycles. The first-order chi connectivity index (χ1) is 7.86. The van der Waals surface area contributed by atoms with E-state index in [0.29, 0.717) is 0 Å². The fourth-order valence-corrected chi connectivity index (χ4v) is 1.76. The molecule has 0 unspecified atom stereocenters. The van der Waals surface area contributed by atoms with E-state index >= 15 is 0 Å². The molecule has 93 valence electrons. The molecule has 0 amide bonds. The molecule has 0 aliphatic rings. The minimum Gasteiger partial charge on any atom is -0.478 e. The minimum absolute atomic E-state index is 0.0194. The molecule has 0 saturated heterocycles. The SMILES string of the molecule is O=C(O)c1[c]cc(S(=O)(=O)O)c(NCCO)c1. The van der Waals surface area contributed by atoms with Crippen molar-refractivity contribution in [1.29, 1.82) is 0 Å². The summed E-state index contributed by atoms with van der Waals surface area (Å²) >= 11 is 0. The monoisotopic (exact) mass is 260 g/mol. The highest BCUT2D eigenvalue weighted by atomic mass is 32.2. The Labute approximate surface area is 97.5 Å². The molecule has 1 radical (unpaired) electrons. The maximum absolute atomic E-state index is 11.0. The van der Waals surface area contributed by atoms with Crippen LogP contribution in [0.5, 0.6) is 0 Å². The lowest BCUT2D eigenvalue weighted by Gasteiger charge is -2.09. The van der Waals surface area contributed by atoms with Gasteiger partial charge in [-0.25, -0.2) is 4.79 Å². The van der Waals surface area contributed by atoms with Gasteiger partial charge in [-0.3, -0.25) is 4.55 Å². The highest BCUT2D eigenvalue weighted by Crippen LogP contribution is 2.22. The van der Waals surface area contributed by atoms with E-state index in [9.17, 15) is 13.2 Å². The molecule has 0 fully saturated rings. The number of anilines is 1. The molecule has 0 spiro atoms. The Balaban J connectivity index is 3.26. The number of aromatic carboxylic acids is 1. The fourth-order valence-electron chi connectivity index (χ4n) is 1.14. The van der Waals surface area contributed by atoms with Crippen molar-refractivity contribution in [3.05, 3.63) is 23.8 Å². The van der Waals surface area contributed by atoms with E-state index in [2.05, 4.69) is 11.4 Å². The maximum Gasteiger partial charge on any atom is 0.336 e. The molecule has 1 aromatic rings. The fraction of sp³-hybridized carbons (Fsp3) is 0.222. The Hall–Kier alpha value is -1.64. The van der Waals surface area contributed by atoms with Crippen LogP contribution in [-0.4, -0.2) is 42.3 Å². The van der Waals surface area contributed by atoms with E-state index in [1.165, 1.54) is 0 Å². The maximum atomic E-state index is 11.0. The highest BCUT2D eigenvalue weighted by molar-refractivity contribution is 7.86. The van der Waals surface area contributed by atoms with Gasteiger partial charge in [0.15, 0.2) is 0 Å². The number of carbonyl (C=O) groups is 1. The molecule has 0 heterocycles. The summed E-state index contributed by atoms with van der Waals surface area (Å²) in [5, 5.41) is 19.8. The smallest absolute Gasteiger partial charge is 0.336 e. The van der Waals surface area contributed by atoms with Crippen LogP contribution in [0.15, 0.2) is 17.0 Å². The molecule has 4 N–H and O–H groups in total. The zero-order chi connectivity index (χ0) is 13.1. The molecule has 0 aliphatic heterocycles. The Morgan fingerprint density at radius 2 is 2.12 bits per heavy atom. The first-order valence-electron chi connectivity index (χ1n) is 4.47. The van der Waals surface area contributed by atoms with Crippen LogP contribution in [0.3, 0.4) is 0 Å². The molecule has 0 saturated carbocycles. The van der Waals surface area contributed by atoms with Crippen molar-refractivity contribution in [2.75, 3.05) is 18.5 Å². The van der Waals surface area contributed by atoms with Crippen molar-refractivity contribution in [3.63, 3.8) is 0 Å². The predicted octanol–water partition coefficient (Wildman–Crippen LogP) is -0.164. The lowest BCUT2D eigenvalue weighted by molar-refractivity contribution is 0.0696. The van der Waals surface area contributed by atoms with E-state index in [0.717, 1.165) is 12.1 Å². The molecular weight excluding hydrogens is 250 g/mol. The third kappa shape index (κ3) is 3.41. The summed E-state index contributed by atoms with van der Waals surface area (Å²) in [6, 6.07) is 4.09. The third-order valence-electron chi connectivity index (χ3n) is 1.85. The first-order valence-corrected chi connectivity index (χ1v) is 5.91. The molecule has 1 aromatic carbocycles. The van der Waals surface area contributed by atoms with Gasteiger partial charge in [0.2, 0.25) is 0 Å². The summed E-state index contributed by atoms with van der Waals surface area (Å²) < 4.78 is 30.9. The van der Waals surface area contributed by atoms with Crippen LogP contribution in [0, 0.1) is 6.07 Å². The van der Waals surface area contributed by atoms with E-state index in [4.69, 9.17) is 14.8 Å². The van der Waals surface area contributed by atoms with Gasteiger partial charge >= 0.3 is 5.97 Å². The van der Waals surface area contributed by atoms with Crippen LogP contribution in [0.25, 0.3) is 0 Å². The average molecular weight is 260 g/mol. The number of aliphatic hydroxyl groups is 1. The first kappa shape index (κ1) is 13.4. The molecule has 0 atom stereocenters. The Kier molecular flexibility index (Phi) is 4.05. The normalized spacial score (nSPS) is 11.2. The molecule has 1 rings (SSSR count). The lowest BCUT2D eigenvalue weighted by Crippen LogP contribution is -2.11. The number of benzene rings is 1. The number of nitrogens with one attached hydrogen (secondary N) is 1. The average Bonchev–Trinajstić information content (AvgIpc) is 2.24. The Morgan fingerprint density at radius 3 is 2.59 bits per heavy atom. The highest BCUT2D eigenvalue weighted by Gasteiger charge is 2.17. The zero-order valence-corrected chi connectivity index (χ0v) is 9.36. The second kappa shape index (κ2) is 5.13. The van der Waals surface area contributed by atoms with Crippen molar-refractivity contribution in [3.8, 4) is 0 Å². The predicted molar refractivity (Wildman–Crippen MR) is 57.6 cm³/mol. The van der Waals surface area contributed by atoms with E-state index < -0.39 is 21.0 Å². The molecule has 7 nitrogen and oxygen atoms in total. The van der Waals surface area contributed by atoms with Crippen molar-refractivity contribution in [2.45, 2.75) is 4.90 Å². The van der Waals surface area contributed by atoms with Gasteiger partial charge in [0.25, 0.3) is 10.1 Å². The number of aliphatic hydroxyl groups excluding tert-OH is 1. The van der Waals surface area contributed by atoms with Gasteiger partial charge in [-0.1, -0.05) is 0 Å². The van der Waals surface area contributed by atoms with Crippen LogP contribution in [0.2, 0.25) is 0 Å². The number of rotatable bonds is 5.